The van der Waals surface area contributed by atoms with Crippen LogP contribution in [0.25, 0.3) is 22.0 Å². The zero-order chi connectivity index (χ0) is 24.0. The van der Waals surface area contributed by atoms with Crippen LogP contribution in [0.4, 0.5) is 8.78 Å². The van der Waals surface area contributed by atoms with Gasteiger partial charge < -0.3 is 20.9 Å². The first-order valence-corrected chi connectivity index (χ1v) is 12.2. The average molecular weight is 467 g/mol. The summed E-state index contributed by atoms with van der Waals surface area (Å²) in [5, 5.41) is 4.42. The molecule has 1 aromatic heterocycles. The number of H-pyrrole nitrogens is 1. The molecule has 7 heteroatoms. The van der Waals surface area contributed by atoms with Gasteiger partial charge >= 0.3 is 0 Å². The van der Waals surface area contributed by atoms with Crippen molar-refractivity contribution in [2.45, 2.75) is 63.1 Å². The second-order valence-corrected chi connectivity index (χ2v) is 10.0. The first kappa shape index (κ1) is 23.0. The zero-order valence-corrected chi connectivity index (χ0v) is 19.8. The molecule has 1 saturated carbocycles. The number of hydrogen-bond acceptors (Lipinski definition) is 3. The summed E-state index contributed by atoms with van der Waals surface area (Å²) in [5.41, 5.74) is 8.53. The van der Waals surface area contributed by atoms with E-state index in [0.29, 0.717) is 29.4 Å². The van der Waals surface area contributed by atoms with Crippen LogP contribution in [0, 0.1) is 11.6 Å². The summed E-state index contributed by atoms with van der Waals surface area (Å²) < 4.78 is 30.2. The van der Waals surface area contributed by atoms with Crippen LogP contribution in [0.15, 0.2) is 30.3 Å². The fourth-order valence-corrected chi connectivity index (χ4v) is 5.92. The van der Waals surface area contributed by atoms with Gasteiger partial charge in [-0.3, -0.25) is 4.79 Å². The lowest BCUT2D eigenvalue weighted by Crippen LogP contribution is -2.45. The molecule has 34 heavy (non-hydrogen) atoms. The van der Waals surface area contributed by atoms with Crippen molar-refractivity contribution in [3.8, 4) is 11.1 Å². The topological polar surface area (TPSA) is 74.2 Å². The van der Waals surface area contributed by atoms with Gasteiger partial charge in [-0.05, 0) is 76.7 Å². The number of benzene rings is 2. The standard InChI is InChI=1S/C27H32F2N4O/c1-33(2)17-10-7-15(8-11-17)31-16-9-12-23-19(13-16)25-24(18-5-3-4-6-21(18)28)22(29)14-20(27(30)34)26(25)32-23/h3-6,14-17,31-32H,7-13H2,1-2H3,(H2,30,34). The molecule has 1 unspecified atom stereocenters. The van der Waals surface area contributed by atoms with Gasteiger partial charge in [0.1, 0.15) is 11.6 Å². The third-order valence-corrected chi connectivity index (χ3v) is 7.72. The number of nitrogens with zero attached hydrogens (tertiary/aromatic N) is 1. The van der Waals surface area contributed by atoms with E-state index in [1.165, 1.54) is 18.9 Å². The molecule has 2 aliphatic rings. The summed E-state index contributed by atoms with van der Waals surface area (Å²) in [6.07, 6.45) is 7.08. The van der Waals surface area contributed by atoms with Crippen LogP contribution in [0.3, 0.4) is 0 Å². The Morgan fingerprint density at radius 3 is 2.47 bits per heavy atom. The van der Waals surface area contributed by atoms with Crippen LogP contribution in [0.5, 0.6) is 0 Å². The highest BCUT2D eigenvalue weighted by atomic mass is 19.1. The van der Waals surface area contributed by atoms with Crippen molar-refractivity contribution >= 4 is 16.8 Å². The van der Waals surface area contributed by atoms with Gasteiger partial charge in [0.25, 0.3) is 5.91 Å². The quantitative estimate of drug-likeness (QED) is 0.517. The van der Waals surface area contributed by atoms with Gasteiger partial charge in [-0.2, -0.15) is 0 Å². The number of aryl methyl sites for hydroxylation is 1. The summed E-state index contributed by atoms with van der Waals surface area (Å²) in [6.45, 7) is 0. The van der Waals surface area contributed by atoms with Crippen LogP contribution in [0.2, 0.25) is 0 Å². The van der Waals surface area contributed by atoms with E-state index in [1.54, 1.807) is 18.2 Å². The number of nitrogens with two attached hydrogens (primary N) is 1. The summed E-state index contributed by atoms with van der Waals surface area (Å²) in [4.78, 5) is 17.8. The van der Waals surface area contributed by atoms with Gasteiger partial charge in [0.05, 0.1) is 11.1 Å². The lowest BCUT2D eigenvalue weighted by Gasteiger charge is -2.36. The number of fused-ring (bicyclic) bond motifs is 3. The number of primary amides is 1. The second kappa shape index (κ2) is 9.12. The second-order valence-electron chi connectivity index (χ2n) is 10.0. The highest BCUT2D eigenvalue weighted by Gasteiger charge is 2.31. The fraction of sp³-hybridized carbons (Fsp3) is 0.444. The molecular weight excluding hydrogens is 434 g/mol. The minimum absolute atomic E-state index is 0.105. The Morgan fingerprint density at radius 2 is 1.79 bits per heavy atom. The van der Waals surface area contributed by atoms with Gasteiger partial charge in [-0.1, -0.05) is 18.2 Å². The molecule has 3 aromatic rings. The molecule has 1 amide bonds. The van der Waals surface area contributed by atoms with Gasteiger partial charge in [-0.15, -0.1) is 0 Å². The number of halogens is 2. The van der Waals surface area contributed by atoms with Gasteiger partial charge in [0.2, 0.25) is 0 Å². The smallest absolute Gasteiger partial charge is 0.250 e. The maximum atomic E-state index is 15.4. The van der Waals surface area contributed by atoms with Gasteiger partial charge in [0, 0.05) is 40.3 Å². The molecule has 4 N–H and O–H groups in total. The van der Waals surface area contributed by atoms with E-state index in [9.17, 15) is 9.18 Å². The molecule has 0 radical (unpaired) electrons. The van der Waals surface area contributed by atoms with E-state index in [0.717, 1.165) is 43.0 Å². The molecule has 0 saturated heterocycles. The van der Waals surface area contributed by atoms with E-state index < -0.39 is 17.5 Å². The number of carbonyl (C=O) groups excluding carboxylic acids is 1. The molecule has 1 atom stereocenters. The number of amides is 1. The Bertz CT molecular complexity index is 1230. The van der Waals surface area contributed by atoms with Crippen molar-refractivity contribution in [1.29, 1.82) is 0 Å². The van der Waals surface area contributed by atoms with E-state index in [-0.39, 0.29) is 22.7 Å². The zero-order valence-electron chi connectivity index (χ0n) is 19.8. The van der Waals surface area contributed by atoms with Crippen molar-refractivity contribution < 1.29 is 13.6 Å². The maximum absolute atomic E-state index is 15.4. The third-order valence-electron chi connectivity index (χ3n) is 7.72. The molecule has 1 heterocycles. The van der Waals surface area contributed by atoms with E-state index in [4.69, 9.17) is 5.73 Å². The number of rotatable bonds is 5. The summed E-state index contributed by atoms with van der Waals surface area (Å²) in [5.74, 6) is -1.83. The molecule has 1 fully saturated rings. The Hall–Kier alpha value is -2.77. The monoisotopic (exact) mass is 466 g/mol. The molecule has 0 spiro atoms. The molecular formula is C27H32F2N4O. The van der Waals surface area contributed by atoms with Gasteiger partial charge in [-0.25, -0.2) is 8.78 Å². The largest absolute Gasteiger partial charge is 0.366 e. The highest BCUT2D eigenvalue weighted by Crippen LogP contribution is 2.40. The molecule has 2 aliphatic carbocycles. The molecule has 2 aromatic carbocycles. The van der Waals surface area contributed by atoms with Crippen LogP contribution in [-0.2, 0) is 12.8 Å². The van der Waals surface area contributed by atoms with Crippen LogP contribution < -0.4 is 11.1 Å². The summed E-state index contributed by atoms with van der Waals surface area (Å²) in [6, 6.07) is 8.69. The van der Waals surface area contributed by atoms with Crippen molar-refractivity contribution in [3.63, 3.8) is 0 Å². The Morgan fingerprint density at radius 1 is 1.06 bits per heavy atom. The highest BCUT2D eigenvalue weighted by molar-refractivity contribution is 6.11. The number of aromatic nitrogens is 1. The lowest BCUT2D eigenvalue weighted by molar-refractivity contribution is 0.100. The van der Waals surface area contributed by atoms with Crippen LogP contribution >= 0.6 is 0 Å². The van der Waals surface area contributed by atoms with Crippen molar-refractivity contribution in [2.75, 3.05) is 14.1 Å². The maximum Gasteiger partial charge on any atom is 0.250 e. The minimum atomic E-state index is -0.699. The SMILES string of the molecule is CN(C)C1CCC(NC2CCc3[nH]c4c(C(N)=O)cc(F)c(-c5ccccc5F)c4c3C2)CC1. The predicted molar refractivity (Wildman–Crippen MR) is 131 cm³/mol. The summed E-state index contributed by atoms with van der Waals surface area (Å²) >= 11 is 0. The Balaban J connectivity index is 1.52. The number of hydrogen-bond donors (Lipinski definition) is 3. The predicted octanol–water partition coefficient (Wildman–Crippen LogP) is 4.53. The van der Waals surface area contributed by atoms with Crippen LogP contribution in [0.1, 0.15) is 53.7 Å². The molecule has 180 valence electrons. The molecule has 0 bridgehead atoms. The Kier molecular flexibility index (Phi) is 6.16. The average Bonchev–Trinajstić information content (AvgIpc) is 3.18. The third kappa shape index (κ3) is 4.12. The first-order chi connectivity index (χ1) is 16.3. The number of aromatic amines is 1. The lowest BCUT2D eigenvalue weighted by atomic mass is 9.85. The summed E-state index contributed by atoms with van der Waals surface area (Å²) in [7, 11) is 4.29. The number of nitrogens with one attached hydrogen (secondary N) is 2. The molecule has 0 aliphatic heterocycles. The Labute approximate surface area is 198 Å². The van der Waals surface area contributed by atoms with Crippen molar-refractivity contribution in [2.24, 2.45) is 5.73 Å². The van der Waals surface area contributed by atoms with Crippen molar-refractivity contribution in [1.82, 2.24) is 15.2 Å². The first-order valence-electron chi connectivity index (χ1n) is 12.2. The van der Waals surface area contributed by atoms with E-state index in [1.807, 2.05) is 0 Å². The van der Waals surface area contributed by atoms with Crippen LogP contribution in [-0.4, -0.2) is 48.0 Å². The normalized spacial score (nSPS) is 22.8. The minimum Gasteiger partial charge on any atom is -0.366 e. The van der Waals surface area contributed by atoms with E-state index in [2.05, 4.69) is 29.3 Å². The molecule has 5 nitrogen and oxygen atoms in total. The van der Waals surface area contributed by atoms with E-state index >= 15 is 4.39 Å². The molecule has 5 rings (SSSR count). The van der Waals surface area contributed by atoms with Crippen molar-refractivity contribution in [3.05, 3.63) is 58.8 Å². The van der Waals surface area contributed by atoms with Gasteiger partial charge in [0.15, 0.2) is 0 Å². The fourth-order valence-electron chi connectivity index (χ4n) is 5.92. The number of carbonyl (C=O) groups is 1.